The number of nitrogens with one attached hydrogen (secondary N) is 2. The summed E-state index contributed by atoms with van der Waals surface area (Å²) in [6.45, 7) is 1.32. The van der Waals surface area contributed by atoms with Crippen molar-refractivity contribution in [1.82, 2.24) is 25.4 Å². The minimum Gasteiger partial charge on any atom is -0.478 e. The Kier molecular flexibility index (Phi) is 7.45. The fourth-order valence-corrected chi connectivity index (χ4v) is 6.49. The Balaban J connectivity index is 1.39. The maximum Gasteiger partial charge on any atom is 0.359 e. The molecule has 2 aliphatic heterocycles. The van der Waals surface area contributed by atoms with Crippen LogP contribution in [0.15, 0.2) is 34.8 Å². The molecule has 19 heteroatoms. The van der Waals surface area contributed by atoms with Gasteiger partial charge in [-0.15, -0.1) is 11.8 Å². The first-order valence-corrected chi connectivity index (χ1v) is 13.9. The first-order valence-electron chi connectivity index (χ1n) is 11.7. The number of aliphatic carboxylic acids is 2. The molecule has 0 aromatic carbocycles. The van der Waals surface area contributed by atoms with Crippen LogP contribution in [0.2, 0.25) is 4.34 Å². The van der Waals surface area contributed by atoms with E-state index >= 15 is 0 Å². The maximum absolute atomic E-state index is 13.2. The van der Waals surface area contributed by atoms with E-state index in [-0.39, 0.29) is 33.2 Å². The van der Waals surface area contributed by atoms with Crippen molar-refractivity contribution in [2.24, 2.45) is 5.16 Å². The van der Waals surface area contributed by atoms with E-state index in [1.807, 2.05) is 0 Å². The molecule has 1 fully saturated rings. The summed E-state index contributed by atoms with van der Waals surface area (Å²) in [6, 6.07) is 2.39. The Morgan fingerprint density at radius 1 is 1.39 bits per heavy atom. The molecule has 3 atom stereocenters. The summed E-state index contributed by atoms with van der Waals surface area (Å²) in [6.07, 6.45) is 0.308. The highest BCUT2D eigenvalue weighted by Crippen LogP contribution is 2.40. The predicted molar refractivity (Wildman–Crippen MR) is 147 cm³/mol. The van der Waals surface area contributed by atoms with Crippen LogP contribution in [0.4, 0.5) is 10.9 Å². The molecule has 2 aliphatic rings. The van der Waals surface area contributed by atoms with Gasteiger partial charge in [0.25, 0.3) is 11.8 Å². The molecular weight excluding hydrogens is 602 g/mol. The van der Waals surface area contributed by atoms with Gasteiger partial charge < -0.3 is 31.8 Å². The molecule has 0 saturated carbocycles. The second kappa shape index (κ2) is 10.9. The van der Waals surface area contributed by atoms with E-state index in [0.29, 0.717) is 22.4 Å². The molecule has 0 bridgehead atoms. The van der Waals surface area contributed by atoms with E-state index < -0.39 is 47.0 Å². The van der Waals surface area contributed by atoms with Crippen molar-refractivity contribution in [3.05, 3.63) is 39.6 Å². The Hall–Kier alpha value is -4.42. The normalized spacial score (nSPS) is 19.5. The van der Waals surface area contributed by atoms with Crippen molar-refractivity contribution >= 4 is 86.1 Å². The minimum absolute atomic E-state index is 0.0106. The number of hydrogen-bond donors (Lipinski definition) is 6. The number of nitrogens with two attached hydrogens (primary N) is 2. The topological polar surface area (TPSA) is 243 Å². The first kappa shape index (κ1) is 28.1. The zero-order valence-electron chi connectivity index (χ0n) is 20.9. The van der Waals surface area contributed by atoms with Crippen LogP contribution in [0, 0.1) is 0 Å². The SMILES string of the molecule is C[C@H](O/N=C(\C(=O)N[C@@H]1C(=O)N2C(C(=O)O)=C(C[n+]3cccc4c(N)[nH]nc43)CSC12)c1nc(N)sc1Cl)C(=O)O. The van der Waals surface area contributed by atoms with Crippen LogP contribution in [-0.4, -0.2) is 83.0 Å². The maximum atomic E-state index is 13.2. The number of aromatic nitrogens is 4. The number of halogens is 1. The molecule has 5 heterocycles. The lowest BCUT2D eigenvalue weighted by Gasteiger charge is -2.49. The van der Waals surface area contributed by atoms with Crippen LogP contribution in [0.25, 0.3) is 11.0 Å². The van der Waals surface area contributed by atoms with Crippen molar-refractivity contribution in [3.63, 3.8) is 0 Å². The first-order chi connectivity index (χ1) is 19.5. The number of carbonyl (C=O) groups excluding carboxylic acids is 2. The second-order valence-electron chi connectivity index (χ2n) is 8.83. The third kappa shape index (κ3) is 5.11. The van der Waals surface area contributed by atoms with E-state index in [1.165, 1.54) is 18.7 Å². The van der Waals surface area contributed by atoms with Crippen LogP contribution in [0.3, 0.4) is 0 Å². The molecule has 3 aromatic heterocycles. The number of thioether (sulfide) groups is 1. The van der Waals surface area contributed by atoms with Crippen LogP contribution in [0.1, 0.15) is 12.6 Å². The summed E-state index contributed by atoms with van der Waals surface area (Å²) in [7, 11) is 0. The molecule has 2 amide bonds. The highest BCUT2D eigenvalue weighted by atomic mass is 35.5. The molecule has 16 nitrogen and oxygen atoms in total. The average Bonchev–Trinajstić information content (AvgIpc) is 3.47. The minimum atomic E-state index is -1.41. The number of β-lactam (4-membered cyclic amide) rings is 1. The number of carbonyl (C=O) groups is 4. The summed E-state index contributed by atoms with van der Waals surface area (Å²) >= 11 is 8.25. The van der Waals surface area contributed by atoms with Gasteiger partial charge >= 0.3 is 17.6 Å². The molecular formula is C22H21ClN9O7S2+. The van der Waals surface area contributed by atoms with Crippen LogP contribution in [-0.2, 0) is 30.6 Å². The molecule has 1 unspecified atom stereocenters. The van der Waals surface area contributed by atoms with Crippen molar-refractivity contribution in [1.29, 1.82) is 0 Å². The third-order valence-electron chi connectivity index (χ3n) is 6.20. The van der Waals surface area contributed by atoms with Crippen molar-refractivity contribution in [3.8, 4) is 0 Å². The Morgan fingerprint density at radius 2 is 2.15 bits per heavy atom. The lowest BCUT2D eigenvalue weighted by atomic mass is 10.0. The molecule has 3 aromatic rings. The largest absolute Gasteiger partial charge is 0.478 e. The lowest BCUT2D eigenvalue weighted by Crippen LogP contribution is -2.71. The van der Waals surface area contributed by atoms with E-state index in [2.05, 4.69) is 25.7 Å². The number of thiazole rings is 1. The van der Waals surface area contributed by atoms with Gasteiger partial charge in [0.1, 0.15) is 39.1 Å². The van der Waals surface area contributed by atoms with E-state index in [4.69, 9.17) is 33.0 Å². The number of nitrogen functional groups attached to an aromatic ring is 2. The standard InChI is InChI=1S/C22H20ClN9O7S2/c1-7(20(35)36)39-30-11(10-14(23)41-22(25)27-10)17(33)26-12-18(34)32-13(21(37)38)8(6-40-19(12)32)5-31-4-2-3-9-15(24)28-29-16(9)31/h2-4,7,12,19H,5-6H2,1H3,(H7,24,25,26,27,28,33,35,36,37,38)/p+1/b30-11-/t7-,12+,19?/m0/s1. The van der Waals surface area contributed by atoms with Crippen molar-refractivity contribution in [2.75, 3.05) is 17.2 Å². The number of rotatable bonds is 9. The number of carboxylic acids is 2. The number of nitrogens with zero attached hydrogens (tertiary/aromatic N) is 5. The van der Waals surface area contributed by atoms with Gasteiger partial charge in [0.15, 0.2) is 16.7 Å². The van der Waals surface area contributed by atoms with Crippen molar-refractivity contribution in [2.45, 2.75) is 31.0 Å². The second-order valence-corrected chi connectivity index (χ2v) is 11.6. The van der Waals surface area contributed by atoms with E-state index in [0.717, 1.165) is 16.2 Å². The van der Waals surface area contributed by atoms with Gasteiger partial charge in [0, 0.05) is 11.3 Å². The average molecular weight is 623 g/mol. The number of anilines is 2. The van der Waals surface area contributed by atoms with Gasteiger partial charge in [-0.1, -0.05) is 28.1 Å². The quantitative estimate of drug-likeness (QED) is 0.0783. The smallest absolute Gasteiger partial charge is 0.359 e. The lowest BCUT2D eigenvalue weighted by molar-refractivity contribution is -0.665. The fourth-order valence-electron chi connectivity index (χ4n) is 4.23. The zero-order chi connectivity index (χ0) is 29.6. The molecule has 5 rings (SSSR count). The number of hydrogen-bond acceptors (Lipinski definition) is 12. The van der Waals surface area contributed by atoms with Crippen LogP contribution < -0.4 is 21.4 Å². The number of carboxylic acid groups (broad SMARTS) is 2. The Morgan fingerprint density at radius 3 is 2.80 bits per heavy atom. The van der Waals surface area contributed by atoms with Gasteiger partial charge in [0.2, 0.25) is 6.10 Å². The fraction of sp³-hybridized carbons (Fsp3) is 0.273. The van der Waals surface area contributed by atoms with Gasteiger partial charge in [0.05, 0.1) is 11.3 Å². The van der Waals surface area contributed by atoms with Gasteiger partial charge in [-0.3, -0.25) is 14.5 Å². The van der Waals surface area contributed by atoms with Crippen molar-refractivity contribution < 1.29 is 38.8 Å². The van der Waals surface area contributed by atoms with Gasteiger partial charge in [-0.2, -0.15) is 5.10 Å². The number of aromatic amines is 1. The van der Waals surface area contributed by atoms with Gasteiger partial charge in [-0.25, -0.2) is 19.1 Å². The summed E-state index contributed by atoms with van der Waals surface area (Å²) < 4.78 is 1.71. The van der Waals surface area contributed by atoms with E-state index in [1.54, 1.807) is 22.9 Å². The number of pyridine rings is 1. The summed E-state index contributed by atoms with van der Waals surface area (Å²) in [5.74, 6) is -3.65. The highest BCUT2D eigenvalue weighted by molar-refractivity contribution is 8.00. The zero-order valence-corrected chi connectivity index (χ0v) is 23.3. The number of fused-ring (bicyclic) bond motifs is 2. The van der Waals surface area contributed by atoms with Crippen LogP contribution >= 0.6 is 34.7 Å². The summed E-state index contributed by atoms with van der Waals surface area (Å²) in [5, 5.41) is 32.1. The molecule has 0 spiro atoms. The third-order valence-corrected chi connectivity index (χ3v) is 8.63. The molecule has 214 valence electrons. The molecule has 1 saturated heterocycles. The molecule has 41 heavy (non-hydrogen) atoms. The van der Waals surface area contributed by atoms with E-state index in [9.17, 15) is 24.3 Å². The molecule has 8 N–H and O–H groups in total. The highest BCUT2D eigenvalue weighted by Gasteiger charge is 2.54. The van der Waals surface area contributed by atoms with Gasteiger partial charge in [-0.05, 0) is 19.1 Å². The summed E-state index contributed by atoms with van der Waals surface area (Å²) in [4.78, 5) is 59.9. The Labute approximate surface area is 243 Å². The molecule has 0 aliphatic carbocycles. The Bertz CT molecular complexity index is 1670. The number of H-pyrrole nitrogens is 1. The number of oxime groups is 1. The van der Waals surface area contributed by atoms with Crippen LogP contribution in [0.5, 0.6) is 0 Å². The molecule has 0 radical (unpaired) electrons. The summed E-state index contributed by atoms with van der Waals surface area (Å²) in [5.41, 5.74) is 11.7. The number of amides is 2. The monoisotopic (exact) mass is 622 g/mol. The predicted octanol–water partition coefficient (Wildman–Crippen LogP) is -0.243.